The number of rotatable bonds is 2. The Hall–Kier alpha value is -0.118. The molecule has 46 valence electrons. The van der Waals surface area contributed by atoms with Gasteiger partial charge in [0.25, 0.3) is 0 Å². The van der Waals surface area contributed by atoms with Gasteiger partial charge in [0.1, 0.15) is 0 Å². The quantitative estimate of drug-likeness (QED) is 0.237. The van der Waals surface area contributed by atoms with Crippen LogP contribution in [0.2, 0.25) is 0 Å². The van der Waals surface area contributed by atoms with E-state index >= 15 is 0 Å². The Morgan fingerprint density at radius 2 is 2.00 bits per heavy atom. The van der Waals surface area contributed by atoms with Gasteiger partial charge in [-0.15, -0.1) is 0 Å². The van der Waals surface area contributed by atoms with Gasteiger partial charge in [-0.2, -0.15) is 0 Å². The van der Waals surface area contributed by atoms with E-state index in [2.05, 4.69) is 0 Å². The lowest BCUT2D eigenvalue weighted by molar-refractivity contribution is -0.207. The smallest absolute Gasteiger partial charge is 0.379 e. The molecule has 0 aromatic rings. The van der Waals surface area contributed by atoms with Crippen molar-refractivity contribution >= 4 is 22.5 Å². The second-order valence-corrected chi connectivity index (χ2v) is 1.73. The molecule has 0 fully saturated rings. The van der Waals surface area contributed by atoms with E-state index in [4.69, 9.17) is 15.3 Å². The lowest BCUT2D eigenvalue weighted by Gasteiger charge is -2.14. The van der Waals surface area contributed by atoms with Crippen molar-refractivity contribution in [3.63, 3.8) is 0 Å². The zero-order chi connectivity index (χ0) is 6.78. The van der Waals surface area contributed by atoms with Gasteiger partial charge in [-0.1, -0.05) is 0 Å². The van der Waals surface area contributed by atoms with Gasteiger partial charge >= 0.3 is 28.4 Å². The number of carboxylic acids is 1. The first-order valence-corrected chi connectivity index (χ1v) is 2.87. The number of aliphatic hydroxyl groups is 2. The lowest BCUT2D eigenvalue weighted by Crippen LogP contribution is -2.50. The highest BCUT2D eigenvalue weighted by molar-refractivity contribution is 6.06. The molecule has 0 unspecified atom stereocenters. The molecule has 0 atom stereocenters. The van der Waals surface area contributed by atoms with Crippen molar-refractivity contribution in [2.24, 2.45) is 0 Å². The molecule has 0 aromatic heterocycles. The van der Waals surface area contributed by atoms with E-state index in [1.54, 1.807) is 0 Å². The van der Waals surface area contributed by atoms with Crippen molar-refractivity contribution < 1.29 is 20.1 Å². The van der Waals surface area contributed by atoms with Crippen LogP contribution in [-0.2, 0) is 4.79 Å². The largest absolute Gasteiger partial charge is 0.476 e. The highest BCUT2D eigenvalue weighted by Gasteiger charge is 2.29. The van der Waals surface area contributed by atoms with Crippen molar-refractivity contribution in [1.29, 1.82) is 0 Å². The SMILES string of the molecule is O=C(O)C(O)(O)[NH][AlH2]. The summed E-state index contributed by atoms with van der Waals surface area (Å²) in [6.45, 7) is 0. The third kappa shape index (κ3) is 1.78. The van der Waals surface area contributed by atoms with Gasteiger partial charge in [-0.3, -0.25) is 0 Å². The molecule has 0 saturated heterocycles. The molecule has 5 nitrogen and oxygen atoms in total. The summed E-state index contributed by atoms with van der Waals surface area (Å²) < 4.78 is 1.89. The zero-order valence-electron chi connectivity index (χ0n) is 4.25. The van der Waals surface area contributed by atoms with Gasteiger partial charge < -0.3 is 19.6 Å². The van der Waals surface area contributed by atoms with Gasteiger partial charge in [-0.05, 0) is 0 Å². The molecule has 0 aliphatic carbocycles. The average molecular weight is 135 g/mol. The maximum absolute atomic E-state index is 9.71. The van der Waals surface area contributed by atoms with Crippen molar-refractivity contribution in [3.8, 4) is 0 Å². The lowest BCUT2D eigenvalue weighted by atomic mass is 10.5. The number of hydrogen-bond acceptors (Lipinski definition) is 4. The molecule has 0 rings (SSSR count). The first kappa shape index (κ1) is 7.88. The summed E-state index contributed by atoms with van der Waals surface area (Å²) in [4.78, 5) is 9.71. The van der Waals surface area contributed by atoms with Crippen LogP contribution in [0.1, 0.15) is 0 Å². The Morgan fingerprint density at radius 3 is 2.00 bits per heavy atom. The zero-order valence-corrected chi connectivity index (χ0v) is 6.25. The summed E-state index contributed by atoms with van der Waals surface area (Å²) in [5.74, 6) is -4.42. The molecular weight excluding hydrogens is 129 g/mol. The molecule has 0 heterocycles. The van der Waals surface area contributed by atoms with Gasteiger partial charge in [0.05, 0.1) is 0 Å². The molecule has 0 spiro atoms. The summed E-state index contributed by atoms with van der Waals surface area (Å²) in [5.41, 5.74) is 0. The van der Waals surface area contributed by atoms with Crippen molar-refractivity contribution in [3.05, 3.63) is 0 Å². The molecule has 0 bridgehead atoms. The molecule has 8 heavy (non-hydrogen) atoms. The number of aliphatic carboxylic acids is 1. The van der Waals surface area contributed by atoms with Gasteiger partial charge in [0.2, 0.25) is 0 Å². The van der Waals surface area contributed by atoms with E-state index in [1.807, 2.05) is 4.30 Å². The molecule has 0 amide bonds. The number of hydrogen-bond donors (Lipinski definition) is 4. The molecule has 4 N–H and O–H groups in total. The van der Waals surface area contributed by atoms with Crippen LogP contribution in [0.5, 0.6) is 0 Å². The van der Waals surface area contributed by atoms with Crippen LogP contribution < -0.4 is 4.30 Å². The molecule has 0 radical (unpaired) electrons. The third-order valence-corrected chi connectivity index (χ3v) is 1.34. The second kappa shape index (κ2) is 2.44. The minimum Gasteiger partial charge on any atom is -0.476 e. The first-order chi connectivity index (χ1) is 3.50. The van der Waals surface area contributed by atoms with Gasteiger partial charge in [0.15, 0.2) is 0 Å². The van der Waals surface area contributed by atoms with E-state index in [9.17, 15) is 4.79 Å². The normalized spacial score (nSPS) is 11.2. The maximum atomic E-state index is 9.71. The number of carboxylic acid groups (broad SMARTS) is 1. The molecule has 0 aliphatic rings. The molecule has 0 aromatic carbocycles. The van der Waals surface area contributed by atoms with Crippen LogP contribution in [0.4, 0.5) is 0 Å². The topological polar surface area (TPSA) is 89.8 Å². The number of carbonyl (C=O) groups is 1. The van der Waals surface area contributed by atoms with Crippen molar-refractivity contribution in [2.75, 3.05) is 0 Å². The Kier molecular flexibility index (Phi) is 2.40. The Morgan fingerprint density at radius 1 is 1.62 bits per heavy atom. The second-order valence-electron chi connectivity index (χ2n) is 1.23. The van der Waals surface area contributed by atoms with Crippen LogP contribution in [0.15, 0.2) is 0 Å². The highest BCUT2D eigenvalue weighted by atomic mass is 27.1. The first-order valence-electron chi connectivity index (χ1n) is 1.87. The highest BCUT2D eigenvalue weighted by Crippen LogP contribution is 1.88. The summed E-state index contributed by atoms with van der Waals surface area (Å²) in [6.07, 6.45) is 0. The summed E-state index contributed by atoms with van der Waals surface area (Å²) in [7, 11) is 0. The van der Waals surface area contributed by atoms with Crippen LogP contribution >= 0.6 is 0 Å². The fourth-order valence-corrected chi connectivity index (χ4v) is 0.321. The third-order valence-electron chi connectivity index (χ3n) is 0.647. The van der Waals surface area contributed by atoms with E-state index < -0.39 is 11.9 Å². The van der Waals surface area contributed by atoms with Gasteiger partial charge in [-0.25, -0.2) is 4.79 Å². The van der Waals surface area contributed by atoms with Gasteiger partial charge in [0, 0.05) is 0 Å². The average Bonchev–Trinajstić information content (AvgIpc) is 1.67. The molecular formula is C2H6AlNO4. The summed E-state index contributed by atoms with van der Waals surface area (Å²) in [6, 6.07) is 0. The van der Waals surface area contributed by atoms with E-state index in [-0.39, 0.29) is 16.5 Å². The molecule has 6 heteroatoms. The van der Waals surface area contributed by atoms with Crippen molar-refractivity contribution in [1.82, 2.24) is 4.30 Å². The Labute approximate surface area is 53.6 Å². The van der Waals surface area contributed by atoms with E-state index in [0.29, 0.717) is 0 Å². The van der Waals surface area contributed by atoms with E-state index in [1.165, 1.54) is 0 Å². The molecule has 0 saturated carbocycles. The van der Waals surface area contributed by atoms with Crippen LogP contribution in [0.3, 0.4) is 0 Å². The fourth-order valence-electron chi connectivity index (χ4n) is 0.107. The summed E-state index contributed by atoms with van der Waals surface area (Å²) >= 11 is 0.214. The predicted molar refractivity (Wildman–Crippen MR) is 26.5 cm³/mol. The maximum Gasteiger partial charge on any atom is 0.379 e. The number of nitrogens with one attached hydrogen (secondary N) is 1. The van der Waals surface area contributed by atoms with Crippen molar-refractivity contribution in [2.45, 2.75) is 5.91 Å². The Bertz CT molecular complexity index is 102. The van der Waals surface area contributed by atoms with Crippen LogP contribution in [0.25, 0.3) is 0 Å². The summed E-state index contributed by atoms with van der Waals surface area (Å²) in [5, 5.41) is 24.5. The minimum atomic E-state index is -2.73. The fraction of sp³-hybridized carbons (Fsp3) is 0.500. The van der Waals surface area contributed by atoms with Crippen LogP contribution in [0, 0.1) is 0 Å². The standard InChI is InChI=1S/C2H4NO4.Al.2H/c3-2(6,7)1(4)5;;;/h3,6-7H,(H,4,5);;;/q-1;+1;;. The molecule has 0 aliphatic heterocycles. The predicted octanol–water partition coefficient (Wildman–Crippen LogP) is -3.15. The Balaban J connectivity index is 3.91. The van der Waals surface area contributed by atoms with Crippen LogP contribution in [-0.4, -0.2) is 43.7 Å². The van der Waals surface area contributed by atoms with E-state index in [0.717, 1.165) is 0 Å². The minimum absolute atomic E-state index is 0.214. The monoisotopic (exact) mass is 135 g/mol.